The van der Waals surface area contributed by atoms with Crippen molar-refractivity contribution in [2.45, 2.75) is 25.7 Å². The largest absolute Gasteiger partial charge is 0.481 e. The fourth-order valence-electron chi connectivity index (χ4n) is 4.32. The predicted molar refractivity (Wildman–Crippen MR) is 85.0 cm³/mol. The molecule has 0 radical (unpaired) electrons. The van der Waals surface area contributed by atoms with Crippen molar-refractivity contribution in [3.8, 4) is 6.07 Å². The minimum Gasteiger partial charge on any atom is -0.481 e. The molecule has 1 aromatic rings. The van der Waals surface area contributed by atoms with E-state index in [2.05, 4.69) is 11.4 Å². The van der Waals surface area contributed by atoms with Gasteiger partial charge in [0.1, 0.15) is 11.1 Å². The number of nitrogens with one attached hydrogen (secondary N) is 1. The molecule has 118 valence electrons. The van der Waals surface area contributed by atoms with Crippen LogP contribution < -0.4 is 5.32 Å². The van der Waals surface area contributed by atoms with Crippen molar-refractivity contribution in [3.63, 3.8) is 0 Å². The van der Waals surface area contributed by atoms with E-state index in [0.717, 1.165) is 31.2 Å². The minimum absolute atomic E-state index is 0.00144. The van der Waals surface area contributed by atoms with Gasteiger partial charge in [-0.15, -0.1) is 11.3 Å². The molecule has 2 N–H and O–H groups in total. The number of carboxylic acid groups (broad SMARTS) is 1. The van der Waals surface area contributed by atoms with Crippen molar-refractivity contribution in [1.82, 2.24) is 0 Å². The summed E-state index contributed by atoms with van der Waals surface area (Å²) in [6.45, 7) is 0. The molecule has 1 saturated carbocycles. The third kappa shape index (κ3) is 2.11. The zero-order valence-corrected chi connectivity index (χ0v) is 13.2. The summed E-state index contributed by atoms with van der Waals surface area (Å²) in [6, 6.07) is 2.21. The number of carbonyl (C=O) groups is 2. The lowest BCUT2D eigenvalue weighted by Crippen LogP contribution is -2.36. The molecular weight excluding hydrogens is 312 g/mol. The molecular formula is C17H16N2O3S. The number of hydrogen-bond acceptors (Lipinski definition) is 4. The summed E-state index contributed by atoms with van der Waals surface area (Å²) in [5.41, 5.74) is 1.64. The fourth-order valence-corrected chi connectivity index (χ4v) is 5.56. The van der Waals surface area contributed by atoms with Crippen LogP contribution >= 0.6 is 11.3 Å². The predicted octanol–water partition coefficient (Wildman–Crippen LogP) is 2.57. The molecule has 1 aromatic heterocycles. The summed E-state index contributed by atoms with van der Waals surface area (Å²) < 4.78 is 0. The second-order valence-electron chi connectivity index (χ2n) is 6.50. The maximum Gasteiger partial charge on any atom is 0.307 e. The number of fused-ring (bicyclic) bond motifs is 3. The van der Waals surface area contributed by atoms with Gasteiger partial charge in [-0.3, -0.25) is 9.59 Å². The van der Waals surface area contributed by atoms with Crippen LogP contribution in [0.2, 0.25) is 0 Å². The molecule has 4 atom stereocenters. The smallest absolute Gasteiger partial charge is 0.307 e. The van der Waals surface area contributed by atoms with Gasteiger partial charge in [0.15, 0.2) is 0 Å². The first-order valence-corrected chi connectivity index (χ1v) is 8.68. The summed E-state index contributed by atoms with van der Waals surface area (Å²) in [6.07, 6.45) is 7.53. The standard InChI is InChI=1S/C17H16N2O3S/c18-7-11-10-2-1-3-12(10)23-16(11)19-15(20)13-8-4-5-9(6-8)14(13)17(21)22/h4-5,8-9,13-14H,1-3,6H2,(H,19,20)(H,21,22)/t8-,9+,13-,14+/m1/s1. The van der Waals surface area contributed by atoms with Crippen molar-refractivity contribution in [3.05, 3.63) is 28.2 Å². The number of anilines is 1. The summed E-state index contributed by atoms with van der Waals surface area (Å²) in [4.78, 5) is 25.4. The lowest BCUT2D eigenvalue weighted by Gasteiger charge is -2.23. The molecule has 2 bridgehead atoms. The summed E-state index contributed by atoms with van der Waals surface area (Å²) in [5, 5.41) is 22.3. The Balaban J connectivity index is 1.61. The molecule has 5 nitrogen and oxygen atoms in total. The SMILES string of the molecule is N#Cc1c(NC(=O)[C@H]2[C@@H](C(=O)O)[C@H]3C=C[C@@H]2C3)sc2c1CCC2. The van der Waals surface area contributed by atoms with E-state index < -0.39 is 17.8 Å². The molecule has 1 fully saturated rings. The van der Waals surface area contributed by atoms with E-state index in [-0.39, 0.29) is 17.7 Å². The highest BCUT2D eigenvalue weighted by atomic mass is 32.1. The van der Waals surface area contributed by atoms with Crippen LogP contribution in [0.3, 0.4) is 0 Å². The fraction of sp³-hybridized carbons (Fsp3) is 0.471. The van der Waals surface area contributed by atoms with Crippen LogP contribution in [0.1, 0.15) is 28.8 Å². The number of thiophene rings is 1. The monoisotopic (exact) mass is 328 g/mol. The van der Waals surface area contributed by atoms with Gasteiger partial charge >= 0.3 is 5.97 Å². The highest BCUT2D eigenvalue weighted by molar-refractivity contribution is 7.16. The molecule has 4 rings (SSSR count). The number of allylic oxidation sites excluding steroid dienone is 2. The van der Waals surface area contributed by atoms with Crippen LogP contribution in [0.15, 0.2) is 12.2 Å². The van der Waals surface area contributed by atoms with Crippen LogP contribution in [0.4, 0.5) is 5.00 Å². The zero-order chi connectivity index (χ0) is 16.1. The average molecular weight is 328 g/mol. The highest BCUT2D eigenvalue weighted by Gasteiger charge is 2.51. The van der Waals surface area contributed by atoms with Gasteiger partial charge in [0.25, 0.3) is 0 Å². The molecule has 1 heterocycles. The van der Waals surface area contributed by atoms with E-state index >= 15 is 0 Å². The van der Waals surface area contributed by atoms with E-state index in [0.29, 0.717) is 10.6 Å². The molecule has 0 spiro atoms. The first-order chi connectivity index (χ1) is 11.1. The van der Waals surface area contributed by atoms with Gasteiger partial charge in [-0.2, -0.15) is 5.26 Å². The number of amides is 1. The maximum absolute atomic E-state index is 12.7. The third-order valence-electron chi connectivity index (χ3n) is 5.32. The summed E-state index contributed by atoms with van der Waals surface area (Å²) in [7, 11) is 0. The Morgan fingerprint density at radius 1 is 1.26 bits per heavy atom. The normalized spacial score (nSPS) is 30.2. The van der Waals surface area contributed by atoms with Crippen molar-refractivity contribution in [2.24, 2.45) is 23.7 Å². The molecule has 6 heteroatoms. The molecule has 23 heavy (non-hydrogen) atoms. The van der Waals surface area contributed by atoms with Gasteiger partial charge < -0.3 is 10.4 Å². The van der Waals surface area contributed by atoms with E-state index in [9.17, 15) is 20.0 Å². The Hall–Kier alpha value is -2.13. The van der Waals surface area contributed by atoms with Crippen LogP contribution in [-0.2, 0) is 22.4 Å². The number of nitrogens with zero attached hydrogens (tertiary/aromatic N) is 1. The van der Waals surface area contributed by atoms with Gasteiger partial charge in [0.05, 0.1) is 17.4 Å². The Morgan fingerprint density at radius 2 is 2.00 bits per heavy atom. The third-order valence-corrected chi connectivity index (χ3v) is 6.52. The lowest BCUT2D eigenvalue weighted by atomic mass is 9.82. The molecule has 3 aliphatic carbocycles. The number of aliphatic carboxylic acids is 1. The van der Waals surface area contributed by atoms with Crippen molar-refractivity contribution >= 4 is 28.2 Å². The topological polar surface area (TPSA) is 90.2 Å². The summed E-state index contributed by atoms with van der Waals surface area (Å²) in [5.74, 6) is -2.40. The van der Waals surface area contributed by atoms with Crippen LogP contribution in [0.5, 0.6) is 0 Å². The Labute approximate surface area is 137 Å². The zero-order valence-electron chi connectivity index (χ0n) is 12.4. The number of carbonyl (C=O) groups excluding carboxylic acids is 1. The minimum atomic E-state index is -0.906. The van der Waals surface area contributed by atoms with E-state index in [1.54, 1.807) is 0 Å². The molecule has 0 saturated heterocycles. The first-order valence-electron chi connectivity index (χ1n) is 7.86. The molecule has 3 aliphatic rings. The lowest BCUT2D eigenvalue weighted by molar-refractivity contribution is -0.146. The van der Waals surface area contributed by atoms with E-state index in [4.69, 9.17) is 0 Å². The number of rotatable bonds is 3. The number of hydrogen-bond donors (Lipinski definition) is 2. The Kier molecular flexibility index (Phi) is 3.27. The van der Waals surface area contributed by atoms with Gasteiger partial charge in [0, 0.05) is 4.88 Å². The maximum atomic E-state index is 12.7. The van der Waals surface area contributed by atoms with Crippen molar-refractivity contribution < 1.29 is 14.7 Å². The van der Waals surface area contributed by atoms with E-state index in [1.165, 1.54) is 16.2 Å². The first kappa shape index (κ1) is 14.5. The Morgan fingerprint density at radius 3 is 2.70 bits per heavy atom. The van der Waals surface area contributed by atoms with Crippen LogP contribution in [0, 0.1) is 35.0 Å². The van der Waals surface area contributed by atoms with Crippen molar-refractivity contribution in [1.29, 1.82) is 5.26 Å². The quantitative estimate of drug-likeness (QED) is 0.834. The summed E-state index contributed by atoms with van der Waals surface area (Å²) >= 11 is 1.47. The average Bonchev–Trinajstić information content (AvgIpc) is 3.25. The molecule has 0 aliphatic heterocycles. The number of aryl methyl sites for hydroxylation is 1. The molecule has 0 aromatic carbocycles. The van der Waals surface area contributed by atoms with Gasteiger partial charge in [-0.05, 0) is 43.1 Å². The van der Waals surface area contributed by atoms with Gasteiger partial charge in [0.2, 0.25) is 5.91 Å². The van der Waals surface area contributed by atoms with Gasteiger partial charge in [-0.25, -0.2) is 0 Å². The molecule has 0 unspecified atom stereocenters. The number of nitriles is 1. The highest BCUT2D eigenvalue weighted by Crippen LogP contribution is 2.49. The van der Waals surface area contributed by atoms with Crippen LogP contribution in [0.25, 0.3) is 0 Å². The van der Waals surface area contributed by atoms with E-state index in [1.807, 2.05) is 12.2 Å². The second kappa shape index (κ2) is 5.20. The van der Waals surface area contributed by atoms with Gasteiger partial charge in [-0.1, -0.05) is 12.2 Å². The van der Waals surface area contributed by atoms with Crippen LogP contribution in [-0.4, -0.2) is 17.0 Å². The van der Waals surface area contributed by atoms with Crippen molar-refractivity contribution in [2.75, 3.05) is 5.32 Å². The molecule has 1 amide bonds. The Bertz CT molecular complexity index is 774. The number of carboxylic acids is 1. The second-order valence-corrected chi connectivity index (χ2v) is 7.61.